The van der Waals surface area contributed by atoms with E-state index >= 15 is 0 Å². The van der Waals surface area contributed by atoms with Gasteiger partial charge in [0.25, 0.3) is 0 Å². The molecule has 18 heavy (non-hydrogen) atoms. The van der Waals surface area contributed by atoms with Crippen LogP contribution in [0.3, 0.4) is 0 Å². The molecule has 0 spiro atoms. The van der Waals surface area contributed by atoms with E-state index in [-0.39, 0.29) is 5.56 Å². The number of para-hydroxylation sites is 1. The molecule has 2 rings (SSSR count). The van der Waals surface area contributed by atoms with Crippen LogP contribution in [0.4, 0.5) is 4.39 Å². The van der Waals surface area contributed by atoms with E-state index in [9.17, 15) is 9.18 Å². The van der Waals surface area contributed by atoms with Crippen molar-refractivity contribution in [2.75, 3.05) is 0 Å². The molecule has 0 saturated carbocycles. The summed E-state index contributed by atoms with van der Waals surface area (Å²) in [6, 6.07) is 14.0. The van der Waals surface area contributed by atoms with Crippen molar-refractivity contribution in [1.82, 2.24) is 0 Å². The monoisotopic (exact) mass is 244 g/mol. The SMILES string of the molecule is C[C@@H](F)c1cccc(Oc2ccccc2)c1C=O. The van der Waals surface area contributed by atoms with Crippen LogP contribution in [0.5, 0.6) is 11.5 Å². The van der Waals surface area contributed by atoms with E-state index in [1.807, 2.05) is 18.2 Å². The molecular weight excluding hydrogens is 231 g/mol. The third-order valence-corrected chi connectivity index (χ3v) is 2.62. The number of carbonyl (C=O) groups excluding carboxylic acids is 1. The Bertz CT molecular complexity index is 535. The molecule has 0 aliphatic carbocycles. The highest BCUT2D eigenvalue weighted by Crippen LogP contribution is 2.30. The van der Waals surface area contributed by atoms with Crippen molar-refractivity contribution in [3.8, 4) is 11.5 Å². The van der Waals surface area contributed by atoms with Gasteiger partial charge in [-0.05, 0) is 30.7 Å². The highest BCUT2D eigenvalue weighted by molar-refractivity contribution is 5.82. The standard InChI is InChI=1S/C15H13FO2/c1-11(16)13-8-5-9-15(14(13)10-17)18-12-6-3-2-4-7-12/h2-11H,1H3/t11-/m1/s1. The van der Waals surface area contributed by atoms with Gasteiger partial charge in [-0.3, -0.25) is 4.79 Å². The van der Waals surface area contributed by atoms with E-state index in [1.54, 1.807) is 30.3 Å². The molecule has 92 valence electrons. The average molecular weight is 244 g/mol. The Morgan fingerprint density at radius 1 is 1.11 bits per heavy atom. The molecule has 0 aliphatic rings. The smallest absolute Gasteiger partial charge is 0.154 e. The van der Waals surface area contributed by atoms with Gasteiger partial charge in [-0.15, -0.1) is 0 Å². The molecule has 0 radical (unpaired) electrons. The van der Waals surface area contributed by atoms with Crippen LogP contribution in [0.15, 0.2) is 48.5 Å². The zero-order valence-electron chi connectivity index (χ0n) is 9.97. The summed E-state index contributed by atoms with van der Waals surface area (Å²) in [5.74, 6) is 0.988. The average Bonchev–Trinajstić information content (AvgIpc) is 2.39. The summed E-state index contributed by atoms with van der Waals surface area (Å²) in [6.07, 6.45) is -0.575. The topological polar surface area (TPSA) is 26.3 Å². The predicted octanol–water partition coefficient (Wildman–Crippen LogP) is 4.32. The van der Waals surface area contributed by atoms with Crippen LogP contribution < -0.4 is 4.74 Å². The van der Waals surface area contributed by atoms with E-state index in [0.29, 0.717) is 23.3 Å². The number of alkyl halides is 1. The number of aldehydes is 1. The summed E-state index contributed by atoms with van der Waals surface area (Å²) >= 11 is 0. The van der Waals surface area contributed by atoms with Crippen molar-refractivity contribution in [3.63, 3.8) is 0 Å². The molecule has 3 heteroatoms. The van der Waals surface area contributed by atoms with Gasteiger partial charge in [0.2, 0.25) is 0 Å². The molecule has 0 aliphatic heterocycles. The molecule has 0 saturated heterocycles. The quantitative estimate of drug-likeness (QED) is 0.748. The van der Waals surface area contributed by atoms with Gasteiger partial charge in [0.05, 0.1) is 5.56 Å². The van der Waals surface area contributed by atoms with Gasteiger partial charge in [0.15, 0.2) is 6.29 Å². The predicted molar refractivity (Wildman–Crippen MR) is 67.9 cm³/mol. The molecule has 0 N–H and O–H groups in total. The molecule has 2 aromatic rings. The minimum absolute atomic E-state index is 0.261. The Labute approximate surface area is 105 Å². The minimum atomic E-state index is -1.20. The summed E-state index contributed by atoms with van der Waals surface area (Å²) in [5, 5.41) is 0. The number of halogens is 1. The maximum absolute atomic E-state index is 13.4. The summed E-state index contributed by atoms with van der Waals surface area (Å²) < 4.78 is 19.0. The first-order valence-corrected chi connectivity index (χ1v) is 5.67. The molecule has 2 nitrogen and oxygen atoms in total. The summed E-state index contributed by atoms with van der Waals surface area (Å²) in [5.41, 5.74) is 0.606. The number of ether oxygens (including phenoxy) is 1. The highest BCUT2D eigenvalue weighted by atomic mass is 19.1. The maximum atomic E-state index is 13.4. The van der Waals surface area contributed by atoms with Crippen molar-refractivity contribution < 1.29 is 13.9 Å². The first-order chi connectivity index (χ1) is 8.72. The van der Waals surface area contributed by atoms with Gasteiger partial charge in [0, 0.05) is 0 Å². The lowest BCUT2D eigenvalue weighted by atomic mass is 10.0. The van der Waals surface area contributed by atoms with Crippen LogP contribution in [-0.4, -0.2) is 6.29 Å². The number of carbonyl (C=O) groups is 1. The fourth-order valence-electron chi connectivity index (χ4n) is 1.74. The second-order valence-corrected chi connectivity index (χ2v) is 3.91. The Morgan fingerprint density at radius 3 is 2.44 bits per heavy atom. The van der Waals surface area contributed by atoms with Crippen molar-refractivity contribution in [3.05, 3.63) is 59.7 Å². The summed E-state index contributed by atoms with van der Waals surface area (Å²) in [6.45, 7) is 1.40. The molecule has 2 aromatic carbocycles. The molecule has 0 heterocycles. The van der Waals surface area contributed by atoms with E-state index < -0.39 is 6.17 Å². The molecule has 0 aromatic heterocycles. The van der Waals surface area contributed by atoms with Gasteiger partial charge in [-0.1, -0.05) is 30.3 Å². The lowest BCUT2D eigenvalue weighted by Crippen LogP contribution is -1.97. The van der Waals surface area contributed by atoms with Crippen LogP contribution in [0.1, 0.15) is 29.0 Å². The molecule has 1 atom stereocenters. The van der Waals surface area contributed by atoms with Crippen LogP contribution in [-0.2, 0) is 0 Å². The number of benzene rings is 2. The van der Waals surface area contributed by atoms with Crippen molar-refractivity contribution in [2.24, 2.45) is 0 Å². The normalized spacial score (nSPS) is 11.9. The molecule has 0 bridgehead atoms. The van der Waals surface area contributed by atoms with E-state index in [2.05, 4.69) is 0 Å². The molecule has 0 fully saturated rings. The zero-order valence-corrected chi connectivity index (χ0v) is 9.97. The Balaban J connectivity index is 2.39. The summed E-state index contributed by atoms with van der Waals surface area (Å²) in [4.78, 5) is 11.1. The summed E-state index contributed by atoms with van der Waals surface area (Å²) in [7, 11) is 0. The van der Waals surface area contributed by atoms with Crippen molar-refractivity contribution in [2.45, 2.75) is 13.1 Å². The van der Waals surface area contributed by atoms with Gasteiger partial charge >= 0.3 is 0 Å². The third-order valence-electron chi connectivity index (χ3n) is 2.62. The molecule has 0 unspecified atom stereocenters. The number of rotatable bonds is 4. The Hall–Kier alpha value is -2.16. The first-order valence-electron chi connectivity index (χ1n) is 5.67. The van der Waals surface area contributed by atoms with Gasteiger partial charge < -0.3 is 4.74 Å². The second kappa shape index (κ2) is 5.45. The van der Waals surface area contributed by atoms with Gasteiger partial charge in [-0.2, -0.15) is 0 Å². The van der Waals surface area contributed by atoms with Gasteiger partial charge in [-0.25, -0.2) is 4.39 Å². The minimum Gasteiger partial charge on any atom is -0.457 e. The Kier molecular flexibility index (Phi) is 3.72. The van der Waals surface area contributed by atoms with E-state index in [4.69, 9.17) is 4.74 Å². The lowest BCUT2D eigenvalue weighted by Gasteiger charge is -2.12. The van der Waals surface area contributed by atoms with Gasteiger partial charge in [0.1, 0.15) is 17.7 Å². The lowest BCUT2D eigenvalue weighted by molar-refractivity contribution is 0.111. The third kappa shape index (κ3) is 2.56. The molecule has 0 amide bonds. The van der Waals surface area contributed by atoms with Crippen molar-refractivity contribution in [1.29, 1.82) is 0 Å². The largest absolute Gasteiger partial charge is 0.457 e. The Morgan fingerprint density at radius 2 is 1.83 bits per heavy atom. The number of hydrogen-bond acceptors (Lipinski definition) is 2. The fourth-order valence-corrected chi connectivity index (χ4v) is 1.74. The van der Waals surface area contributed by atoms with Crippen LogP contribution in [0, 0.1) is 0 Å². The van der Waals surface area contributed by atoms with Crippen LogP contribution in [0.25, 0.3) is 0 Å². The van der Waals surface area contributed by atoms with E-state index in [0.717, 1.165) is 0 Å². The zero-order chi connectivity index (χ0) is 13.0. The van der Waals surface area contributed by atoms with E-state index in [1.165, 1.54) is 6.92 Å². The highest BCUT2D eigenvalue weighted by Gasteiger charge is 2.14. The van der Waals surface area contributed by atoms with Crippen molar-refractivity contribution >= 4 is 6.29 Å². The first kappa shape index (κ1) is 12.3. The maximum Gasteiger partial charge on any atom is 0.154 e. The fraction of sp³-hybridized carbons (Fsp3) is 0.133. The molecular formula is C15H13FO2. The second-order valence-electron chi connectivity index (χ2n) is 3.91. The number of hydrogen-bond donors (Lipinski definition) is 0. The van der Waals surface area contributed by atoms with Crippen LogP contribution >= 0.6 is 0 Å². The van der Waals surface area contributed by atoms with Crippen LogP contribution in [0.2, 0.25) is 0 Å².